The highest BCUT2D eigenvalue weighted by atomic mass is 16.6. The molecule has 2 aromatic rings. The SMILES string of the molecule is COc1ccc([C@H]2Oc3c(ccc(OC)c3OC)[C@@H](OC(C)=O)[C@@H]2OC(C)=O)cc1OC. The van der Waals surface area contributed by atoms with E-state index in [9.17, 15) is 9.59 Å². The van der Waals surface area contributed by atoms with Crippen molar-refractivity contribution in [3.8, 4) is 28.7 Å². The summed E-state index contributed by atoms with van der Waals surface area (Å²) in [6.45, 7) is 2.56. The summed E-state index contributed by atoms with van der Waals surface area (Å²) in [6.07, 6.45) is -2.77. The van der Waals surface area contributed by atoms with Gasteiger partial charge in [0, 0.05) is 25.0 Å². The molecule has 0 aliphatic carbocycles. The van der Waals surface area contributed by atoms with Crippen molar-refractivity contribution < 1.29 is 42.7 Å². The van der Waals surface area contributed by atoms with E-state index in [1.165, 1.54) is 42.3 Å². The van der Waals surface area contributed by atoms with Gasteiger partial charge in [0.2, 0.25) is 5.75 Å². The van der Waals surface area contributed by atoms with E-state index in [0.717, 1.165) is 0 Å². The standard InChI is InChI=1S/C23H26O9/c1-12(24)30-21-15-8-10-17(27-4)22(29-6)20(15)32-19(23(21)31-13(2)25)14-7-9-16(26-3)18(11-14)28-5/h7-11,19,21,23H,1-6H3/t19-,21-,23-/m1/s1. The number of carbonyl (C=O) groups excluding carboxylic acids is 2. The summed E-state index contributed by atoms with van der Waals surface area (Å²) in [7, 11) is 6.02. The zero-order chi connectivity index (χ0) is 23.4. The van der Waals surface area contributed by atoms with Gasteiger partial charge in [-0.05, 0) is 24.3 Å². The fraction of sp³-hybridized carbons (Fsp3) is 0.391. The second-order valence-corrected chi connectivity index (χ2v) is 6.98. The van der Waals surface area contributed by atoms with Gasteiger partial charge in [0.05, 0.1) is 28.4 Å². The third-order valence-electron chi connectivity index (χ3n) is 5.01. The minimum absolute atomic E-state index is 0.321. The first kappa shape index (κ1) is 23.1. The molecule has 0 aromatic heterocycles. The first-order valence-electron chi connectivity index (χ1n) is 9.82. The van der Waals surface area contributed by atoms with E-state index in [2.05, 4.69) is 0 Å². The molecule has 172 valence electrons. The Balaban J connectivity index is 2.22. The number of fused-ring (bicyclic) bond motifs is 1. The minimum atomic E-state index is -0.972. The molecule has 0 fully saturated rings. The number of rotatable bonds is 7. The molecule has 2 aromatic carbocycles. The Morgan fingerprint density at radius 2 is 1.41 bits per heavy atom. The molecule has 0 N–H and O–H groups in total. The van der Waals surface area contributed by atoms with Crippen LogP contribution in [0.5, 0.6) is 28.7 Å². The number of benzene rings is 2. The molecule has 0 amide bonds. The van der Waals surface area contributed by atoms with E-state index in [-0.39, 0.29) is 0 Å². The number of carbonyl (C=O) groups is 2. The highest BCUT2D eigenvalue weighted by Gasteiger charge is 2.45. The second kappa shape index (κ2) is 9.67. The van der Waals surface area contributed by atoms with E-state index in [0.29, 0.717) is 39.9 Å². The largest absolute Gasteiger partial charge is 0.493 e. The number of methoxy groups -OCH3 is 4. The van der Waals surface area contributed by atoms with Crippen molar-refractivity contribution in [1.82, 2.24) is 0 Å². The van der Waals surface area contributed by atoms with Gasteiger partial charge in [-0.3, -0.25) is 9.59 Å². The number of hydrogen-bond acceptors (Lipinski definition) is 9. The molecule has 3 atom stereocenters. The quantitative estimate of drug-likeness (QED) is 0.593. The summed E-state index contributed by atoms with van der Waals surface area (Å²) in [6, 6.07) is 8.53. The zero-order valence-corrected chi connectivity index (χ0v) is 18.8. The Labute approximate surface area is 186 Å². The maximum atomic E-state index is 12.0. The van der Waals surface area contributed by atoms with Gasteiger partial charge in [-0.25, -0.2) is 0 Å². The topological polar surface area (TPSA) is 98.8 Å². The minimum Gasteiger partial charge on any atom is -0.493 e. The third-order valence-corrected chi connectivity index (χ3v) is 5.01. The van der Waals surface area contributed by atoms with Gasteiger partial charge in [-0.2, -0.15) is 0 Å². The lowest BCUT2D eigenvalue weighted by molar-refractivity contribution is -0.178. The van der Waals surface area contributed by atoms with Crippen LogP contribution < -0.4 is 23.7 Å². The highest BCUT2D eigenvalue weighted by Crippen LogP contribution is 2.52. The predicted molar refractivity (Wildman–Crippen MR) is 113 cm³/mol. The molecule has 1 aliphatic heterocycles. The van der Waals surface area contributed by atoms with Crippen LogP contribution in [0.3, 0.4) is 0 Å². The summed E-state index contributed by atoms with van der Waals surface area (Å²) in [5, 5.41) is 0. The van der Waals surface area contributed by atoms with E-state index in [1.807, 2.05) is 0 Å². The van der Waals surface area contributed by atoms with E-state index in [4.69, 9.17) is 33.2 Å². The van der Waals surface area contributed by atoms with E-state index in [1.54, 1.807) is 30.3 Å². The van der Waals surface area contributed by atoms with Crippen LogP contribution in [-0.4, -0.2) is 46.5 Å². The van der Waals surface area contributed by atoms with Gasteiger partial charge in [0.1, 0.15) is 0 Å². The molecule has 32 heavy (non-hydrogen) atoms. The van der Waals surface area contributed by atoms with Crippen LogP contribution in [0.2, 0.25) is 0 Å². The molecule has 0 saturated carbocycles. The first-order valence-corrected chi connectivity index (χ1v) is 9.82. The van der Waals surface area contributed by atoms with Crippen LogP contribution >= 0.6 is 0 Å². The lowest BCUT2D eigenvalue weighted by atomic mass is 9.91. The van der Waals surface area contributed by atoms with E-state index >= 15 is 0 Å². The maximum Gasteiger partial charge on any atom is 0.303 e. The van der Waals surface area contributed by atoms with Gasteiger partial charge in [0.25, 0.3) is 0 Å². The lowest BCUT2D eigenvalue weighted by Gasteiger charge is -2.39. The molecule has 3 rings (SSSR count). The first-order chi connectivity index (χ1) is 15.3. The van der Waals surface area contributed by atoms with Crippen molar-refractivity contribution in [3.63, 3.8) is 0 Å². The molecule has 1 heterocycles. The summed E-state index contributed by atoms with van der Waals surface area (Å²) in [5.41, 5.74) is 1.10. The van der Waals surface area contributed by atoms with Gasteiger partial charge < -0.3 is 33.2 Å². The van der Waals surface area contributed by atoms with Crippen LogP contribution in [0, 0.1) is 0 Å². The lowest BCUT2D eigenvalue weighted by Crippen LogP contribution is -2.39. The summed E-state index contributed by atoms with van der Waals surface area (Å²) in [4.78, 5) is 23.9. The Kier molecular flexibility index (Phi) is 6.97. The Morgan fingerprint density at radius 1 is 0.781 bits per heavy atom. The zero-order valence-electron chi connectivity index (χ0n) is 18.8. The van der Waals surface area contributed by atoms with Gasteiger partial charge in [0.15, 0.2) is 41.3 Å². The normalized spacial score (nSPS) is 19.1. The Bertz CT molecular complexity index is 1000. The molecule has 0 radical (unpaired) electrons. The number of ether oxygens (including phenoxy) is 7. The number of esters is 2. The predicted octanol–water partition coefficient (Wildman–Crippen LogP) is 3.39. The van der Waals surface area contributed by atoms with Crippen molar-refractivity contribution in [1.29, 1.82) is 0 Å². The van der Waals surface area contributed by atoms with Crippen LogP contribution in [0.15, 0.2) is 30.3 Å². The van der Waals surface area contributed by atoms with Gasteiger partial charge in [-0.1, -0.05) is 6.07 Å². The summed E-state index contributed by atoms with van der Waals surface area (Å²) >= 11 is 0. The van der Waals surface area contributed by atoms with Gasteiger partial charge in [-0.15, -0.1) is 0 Å². The van der Waals surface area contributed by atoms with Crippen molar-refractivity contribution in [2.45, 2.75) is 32.2 Å². The summed E-state index contributed by atoms with van der Waals surface area (Å²) in [5.74, 6) is 0.973. The summed E-state index contributed by atoms with van der Waals surface area (Å²) < 4.78 is 39.2. The fourth-order valence-electron chi connectivity index (χ4n) is 3.70. The van der Waals surface area contributed by atoms with Gasteiger partial charge >= 0.3 is 11.9 Å². The molecule has 1 aliphatic rings. The van der Waals surface area contributed by atoms with Crippen LogP contribution in [-0.2, 0) is 19.1 Å². The average Bonchev–Trinajstić information content (AvgIpc) is 2.78. The third kappa shape index (κ3) is 4.37. The average molecular weight is 446 g/mol. The van der Waals surface area contributed by atoms with Crippen LogP contribution in [0.1, 0.15) is 37.2 Å². The molecule has 9 nitrogen and oxygen atoms in total. The highest BCUT2D eigenvalue weighted by molar-refractivity contribution is 5.69. The molecule has 0 saturated heterocycles. The molecule has 0 unspecified atom stereocenters. The maximum absolute atomic E-state index is 12.0. The molecular weight excluding hydrogens is 420 g/mol. The molecular formula is C23H26O9. The van der Waals surface area contributed by atoms with Crippen molar-refractivity contribution in [2.24, 2.45) is 0 Å². The number of hydrogen-bond donors (Lipinski definition) is 0. The van der Waals surface area contributed by atoms with E-state index < -0.39 is 30.3 Å². The van der Waals surface area contributed by atoms with Crippen molar-refractivity contribution in [2.75, 3.05) is 28.4 Å². The second-order valence-electron chi connectivity index (χ2n) is 6.98. The Morgan fingerprint density at radius 3 is 1.97 bits per heavy atom. The van der Waals surface area contributed by atoms with Crippen LogP contribution in [0.4, 0.5) is 0 Å². The molecule has 9 heteroatoms. The van der Waals surface area contributed by atoms with Crippen molar-refractivity contribution >= 4 is 11.9 Å². The van der Waals surface area contributed by atoms with Crippen molar-refractivity contribution in [3.05, 3.63) is 41.5 Å². The Hall–Kier alpha value is -3.62. The molecule has 0 spiro atoms. The smallest absolute Gasteiger partial charge is 0.303 e. The fourth-order valence-corrected chi connectivity index (χ4v) is 3.70. The monoisotopic (exact) mass is 446 g/mol. The molecule has 0 bridgehead atoms. The van der Waals surface area contributed by atoms with Crippen LogP contribution in [0.25, 0.3) is 0 Å².